The molecule has 1 aliphatic rings. The summed E-state index contributed by atoms with van der Waals surface area (Å²) in [6, 6.07) is 5.72. The Balaban J connectivity index is 1.95. The van der Waals surface area contributed by atoms with Gasteiger partial charge in [0.15, 0.2) is 0 Å². The maximum atomic E-state index is 11.1. The average Bonchev–Trinajstić information content (AvgIpc) is 2.38. The van der Waals surface area contributed by atoms with Crippen LogP contribution in [-0.2, 0) is 11.3 Å². The van der Waals surface area contributed by atoms with Crippen molar-refractivity contribution in [3.05, 3.63) is 23.9 Å². The first-order chi connectivity index (χ1) is 9.10. The Hall–Kier alpha value is -1.62. The third kappa shape index (κ3) is 3.44. The van der Waals surface area contributed by atoms with E-state index in [4.69, 9.17) is 9.84 Å². The van der Waals surface area contributed by atoms with Gasteiger partial charge in [0.1, 0.15) is 0 Å². The summed E-state index contributed by atoms with van der Waals surface area (Å²) < 4.78 is 5.11. The summed E-state index contributed by atoms with van der Waals surface area (Å²) in [6.07, 6.45) is 0.709. The first kappa shape index (κ1) is 13.8. The second kappa shape index (κ2) is 6.02. The first-order valence-electron chi connectivity index (χ1n) is 6.55. The fourth-order valence-electron chi connectivity index (χ4n) is 2.63. The number of carboxylic acid groups (broad SMARTS) is 1. The van der Waals surface area contributed by atoms with Gasteiger partial charge in [-0.15, -0.1) is 0 Å². The predicted octanol–water partition coefficient (Wildman–Crippen LogP) is 1.63. The monoisotopic (exact) mass is 264 g/mol. The first-order valence-corrected chi connectivity index (χ1v) is 6.55. The fraction of sp³-hybridized carbons (Fsp3) is 0.571. The molecule has 0 bridgehead atoms. The minimum absolute atomic E-state index is 0.178. The number of likely N-dealkylation sites (tertiary alicyclic amines) is 1. The molecule has 0 radical (unpaired) electrons. The van der Waals surface area contributed by atoms with Gasteiger partial charge in [0, 0.05) is 19.2 Å². The van der Waals surface area contributed by atoms with Gasteiger partial charge in [0.25, 0.3) is 0 Å². The Labute approximate surface area is 113 Å². The van der Waals surface area contributed by atoms with E-state index in [2.05, 4.69) is 9.88 Å². The third-order valence-electron chi connectivity index (χ3n) is 3.68. The number of hydrogen-bond donors (Lipinski definition) is 1. The lowest BCUT2D eigenvalue weighted by Gasteiger charge is -2.34. The van der Waals surface area contributed by atoms with E-state index in [1.54, 1.807) is 7.11 Å². The van der Waals surface area contributed by atoms with Crippen molar-refractivity contribution in [2.24, 2.45) is 11.8 Å². The lowest BCUT2D eigenvalue weighted by molar-refractivity contribution is -0.145. The number of piperidine rings is 1. The van der Waals surface area contributed by atoms with Crippen molar-refractivity contribution >= 4 is 5.97 Å². The molecule has 5 nitrogen and oxygen atoms in total. The third-order valence-corrected chi connectivity index (χ3v) is 3.68. The summed E-state index contributed by atoms with van der Waals surface area (Å²) in [5.41, 5.74) is 0.959. The highest BCUT2D eigenvalue weighted by molar-refractivity contribution is 5.70. The fourth-order valence-corrected chi connectivity index (χ4v) is 2.63. The van der Waals surface area contributed by atoms with E-state index in [1.807, 2.05) is 25.1 Å². The number of carboxylic acids is 1. The Morgan fingerprint density at radius 3 is 3.00 bits per heavy atom. The number of nitrogens with zero attached hydrogens (tertiary/aromatic N) is 2. The maximum absolute atomic E-state index is 11.1. The molecule has 2 heterocycles. The molecule has 0 saturated carbocycles. The van der Waals surface area contributed by atoms with E-state index in [-0.39, 0.29) is 11.8 Å². The van der Waals surface area contributed by atoms with Crippen molar-refractivity contribution < 1.29 is 14.6 Å². The largest absolute Gasteiger partial charge is 0.481 e. The zero-order chi connectivity index (χ0) is 13.8. The zero-order valence-corrected chi connectivity index (χ0v) is 11.4. The number of rotatable bonds is 4. The molecule has 1 saturated heterocycles. The van der Waals surface area contributed by atoms with Crippen LogP contribution in [0.25, 0.3) is 0 Å². The van der Waals surface area contributed by atoms with E-state index in [1.165, 1.54) is 0 Å². The summed E-state index contributed by atoms with van der Waals surface area (Å²) in [4.78, 5) is 17.7. The number of methoxy groups -OCH3 is 1. The van der Waals surface area contributed by atoms with Gasteiger partial charge in [-0.25, -0.2) is 4.98 Å². The molecule has 5 heteroatoms. The molecule has 0 spiro atoms. The van der Waals surface area contributed by atoms with Gasteiger partial charge in [-0.3, -0.25) is 9.69 Å². The summed E-state index contributed by atoms with van der Waals surface area (Å²) in [5.74, 6) is -0.0935. The van der Waals surface area contributed by atoms with Crippen LogP contribution in [0.1, 0.15) is 19.0 Å². The van der Waals surface area contributed by atoms with Crippen LogP contribution < -0.4 is 4.74 Å². The highest BCUT2D eigenvalue weighted by Gasteiger charge is 2.31. The molecule has 1 aromatic heterocycles. The minimum Gasteiger partial charge on any atom is -0.481 e. The number of ether oxygens (including phenoxy) is 1. The van der Waals surface area contributed by atoms with Crippen LogP contribution in [0.15, 0.2) is 18.2 Å². The van der Waals surface area contributed by atoms with Crippen LogP contribution >= 0.6 is 0 Å². The summed E-state index contributed by atoms with van der Waals surface area (Å²) >= 11 is 0. The summed E-state index contributed by atoms with van der Waals surface area (Å²) in [7, 11) is 1.60. The molecular formula is C14H20N2O3. The molecule has 1 aliphatic heterocycles. The number of aromatic nitrogens is 1. The summed E-state index contributed by atoms with van der Waals surface area (Å²) in [5, 5.41) is 9.11. The van der Waals surface area contributed by atoms with Crippen molar-refractivity contribution in [2.45, 2.75) is 19.9 Å². The SMILES string of the molecule is COc1cccc(CN2CC[C@H](C(=O)O)[C@H](C)C2)n1. The highest BCUT2D eigenvalue weighted by Crippen LogP contribution is 2.24. The average molecular weight is 264 g/mol. The van der Waals surface area contributed by atoms with Gasteiger partial charge >= 0.3 is 5.97 Å². The van der Waals surface area contributed by atoms with Crippen molar-refractivity contribution in [3.8, 4) is 5.88 Å². The van der Waals surface area contributed by atoms with Gasteiger partial charge in [-0.05, 0) is 24.9 Å². The molecule has 0 aromatic carbocycles. The molecule has 0 amide bonds. The minimum atomic E-state index is -0.674. The van der Waals surface area contributed by atoms with Crippen LogP contribution in [0.2, 0.25) is 0 Å². The van der Waals surface area contributed by atoms with Crippen molar-refractivity contribution in [1.29, 1.82) is 0 Å². The quantitative estimate of drug-likeness (QED) is 0.895. The van der Waals surface area contributed by atoms with Crippen molar-refractivity contribution in [1.82, 2.24) is 9.88 Å². The van der Waals surface area contributed by atoms with Crippen molar-refractivity contribution in [3.63, 3.8) is 0 Å². The van der Waals surface area contributed by atoms with Gasteiger partial charge in [0.05, 0.1) is 18.7 Å². The molecule has 0 aliphatic carbocycles. The summed E-state index contributed by atoms with van der Waals surface area (Å²) in [6.45, 7) is 4.36. The van der Waals surface area contributed by atoms with Crippen LogP contribution in [0, 0.1) is 11.8 Å². The molecule has 0 unspecified atom stereocenters. The maximum Gasteiger partial charge on any atom is 0.306 e. The predicted molar refractivity (Wildman–Crippen MR) is 71.0 cm³/mol. The van der Waals surface area contributed by atoms with E-state index in [0.717, 1.165) is 25.3 Å². The normalized spacial score (nSPS) is 24.1. The molecule has 1 fully saturated rings. The molecule has 19 heavy (non-hydrogen) atoms. The van der Waals surface area contributed by atoms with E-state index >= 15 is 0 Å². The van der Waals surface area contributed by atoms with Crippen LogP contribution in [0.3, 0.4) is 0 Å². The standard InChI is InChI=1S/C14H20N2O3/c1-10-8-16(7-6-12(10)14(17)18)9-11-4-3-5-13(15-11)19-2/h3-5,10,12H,6-9H2,1-2H3,(H,17,18)/t10-,12+/m1/s1. The van der Waals surface area contributed by atoms with Crippen LogP contribution in [0.4, 0.5) is 0 Å². The molecule has 1 N–H and O–H groups in total. The molecule has 1 aromatic rings. The topological polar surface area (TPSA) is 62.7 Å². The lowest BCUT2D eigenvalue weighted by atomic mass is 9.87. The smallest absolute Gasteiger partial charge is 0.306 e. The van der Waals surface area contributed by atoms with E-state index in [9.17, 15) is 4.79 Å². The number of hydrogen-bond acceptors (Lipinski definition) is 4. The highest BCUT2D eigenvalue weighted by atomic mass is 16.5. The molecule has 2 rings (SSSR count). The van der Waals surface area contributed by atoms with Crippen LogP contribution in [-0.4, -0.2) is 41.2 Å². The van der Waals surface area contributed by atoms with E-state index < -0.39 is 5.97 Å². The number of aliphatic carboxylic acids is 1. The number of pyridine rings is 1. The van der Waals surface area contributed by atoms with Crippen LogP contribution in [0.5, 0.6) is 5.88 Å². The Morgan fingerprint density at radius 1 is 1.58 bits per heavy atom. The molecular weight excluding hydrogens is 244 g/mol. The van der Waals surface area contributed by atoms with E-state index in [0.29, 0.717) is 12.3 Å². The Kier molecular flexibility index (Phi) is 4.37. The zero-order valence-electron chi connectivity index (χ0n) is 11.4. The van der Waals surface area contributed by atoms with Gasteiger partial charge < -0.3 is 9.84 Å². The van der Waals surface area contributed by atoms with Gasteiger partial charge in [-0.2, -0.15) is 0 Å². The van der Waals surface area contributed by atoms with Gasteiger partial charge in [-0.1, -0.05) is 13.0 Å². The van der Waals surface area contributed by atoms with Crippen molar-refractivity contribution in [2.75, 3.05) is 20.2 Å². The molecule has 2 atom stereocenters. The Bertz CT molecular complexity index is 450. The number of carbonyl (C=O) groups is 1. The Morgan fingerprint density at radius 2 is 2.37 bits per heavy atom. The molecule has 104 valence electrons. The second-order valence-corrected chi connectivity index (χ2v) is 5.12. The van der Waals surface area contributed by atoms with Gasteiger partial charge in [0.2, 0.25) is 5.88 Å². The lowest BCUT2D eigenvalue weighted by Crippen LogP contribution is -2.41. The second-order valence-electron chi connectivity index (χ2n) is 5.12.